The van der Waals surface area contributed by atoms with Gasteiger partial charge in [-0.3, -0.25) is 9.52 Å². The second kappa shape index (κ2) is 8.10. The summed E-state index contributed by atoms with van der Waals surface area (Å²) in [5, 5.41) is 11.9. The van der Waals surface area contributed by atoms with Crippen LogP contribution in [0.1, 0.15) is 30.5 Å². The second-order valence-electron chi connectivity index (χ2n) is 7.34. The van der Waals surface area contributed by atoms with Gasteiger partial charge in [-0.15, -0.1) is 0 Å². The molecule has 6 nitrogen and oxygen atoms in total. The molecule has 0 fully saturated rings. The van der Waals surface area contributed by atoms with Gasteiger partial charge < -0.3 is 10.4 Å². The van der Waals surface area contributed by atoms with E-state index in [-0.39, 0.29) is 23.8 Å². The Balaban J connectivity index is 2.08. The molecule has 146 valence electrons. The van der Waals surface area contributed by atoms with Gasteiger partial charge in [-0.1, -0.05) is 29.8 Å². The summed E-state index contributed by atoms with van der Waals surface area (Å²) in [6.07, 6.45) is 0.146. The molecule has 0 bridgehead atoms. The summed E-state index contributed by atoms with van der Waals surface area (Å²) in [5.41, 5.74) is 2.17. The minimum Gasteiger partial charge on any atom is -0.394 e. The smallest absolute Gasteiger partial charge is 0.262 e. The standard InChI is InChI=1S/C20H26N2O4S/c1-14-5-10-18(15(2)11-14)27(25,26)22-17-8-6-16(7-9-17)12-19(24)21-20(3,4)13-23/h5-11,22-23H,12-13H2,1-4H3,(H,21,24). The summed E-state index contributed by atoms with van der Waals surface area (Å²) in [6.45, 7) is 6.98. The van der Waals surface area contributed by atoms with Crippen LogP contribution >= 0.6 is 0 Å². The quantitative estimate of drug-likeness (QED) is 0.677. The largest absolute Gasteiger partial charge is 0.394 e. The highest BCUT2D eigenvalue weighted by Gasteiger charge is 2.19. The number of nitrogens with one attached hydrogen (secondary N) is 2. The van der Waals surface area contributed by atoms with Crippen LogP contribution in [-0.4, -0.2) is 31.6 Å². The van der Waals surface area contributed by atoms with Gasteiger partial charge in [0.15, 0.2) is 0 Å². The van der Waals surface area contributed by atoms with Gasteiger partial charge in [-0.2, -0.15) is 0 Å². The number of sulfonamides is 1. The highest BCUT2D eigenvalue weighted by molar-refractivity contribution is 7.92. The Morgan fingerprint density at radius 2 is 1.70 bits per heavy atom. The van der Waals surface area contributed by atoms with Gasteiger partial charge in [0, 0.05) is 5.69 Å². The van der Waals surface area contributed by atoms with E-state index in [9.17, 15) is 18.3 Å². The van der Waals surface area contributed by atoms with Crippen LogP contribution in [0.3, 0.4) is 0 Å². The number of anilines is 1. The number of aliphatic hydroxyl groups excluding tert-OH is 1. The fourth-order valence-electron chi connectivity index (χ4n) is 2.65. The molecule has 2 rings (SSSR count). The van der Waals surface area contributed by atoms with E-state index in [1.807, 2.05) is 13.0 Å². The Bertz CT molecular complexity index is 919. The lowest BCUT2D eigenvalue weighted by molar-refractivity contribution is -0.122. The molecule has 0 saturated heterocycles. The molecule has 0 spiro atoms. The molecule has 0 saturated carbocycles. The highest BCUT2D eigenvalue weighted by Crippen LogP contribution is 2.20. The molecule has 3 N–H and O–H groups in total. The third-order valence-electron chi connectivity index (χ3n) is 4.06. The molecule has 0 heterocycles. The maximum atomic E-state index is 12.6. The van der Waals surface area contributed by atoms with Crippen molar-refractivity contribution in [2.24, 2.45) is 0 Å². The third-order valence-corrected chi connectivity index (χ3v) is 5.61. The Hall–Kier alpha value is -2.38. The van der Waals surface area contributed by atoms with Crippen molar-refractivity contribution in [3.8, 4) is 0 Å². The third kappa shape index (κ3) is 5.80. The number of aliphatic hydroxyl groups is 1. The number of rotatable bonds is 7. The zero-order chi connectivity index (χ0) is 20.2. The summed E-state index contributed by atoms with van der Waals surface area (Å²) >= 11 is 0. The zero-order valence-electron chi connectivity index (χ0n) is 16.0. The summed E-state index contributed by atoms with van der Waals surface area (Å²) in [5.74, 6) is -0.210. The van der Waals surface area contributed by atoms with Crippen LogP contribution < -0.4 is 10.0 Å². The lowest BCUT2D eigenvalue weighted by Gasteiger charge is -2.23. The molecule has 7 heteroatoms. The first-order chi connectivity index (χ1) is 12.5. The number of aryl methyl sites for hydroxylation is 2. The van der Waals surface area contributed by atoms with Crippen LogP contribution in [0.15, 0.2) is 47.4 Å². The minimum atomic E-state index is -3.68. The van der Waals surface area contributed by atoms with Crippen molar-refractivity contribution in [3.05, 3.63) is 59.2 Å². The van der Waals surface area contributed by atoms with Crippen molar-refractivity contribution in [1.29, 1.82) is 0 Å². The Kier molecular flexibility index (Phi) is 6.28. The Morgan fingerprint density at radius 3 is 2.26 bits per heavy atom. The maximum absolute atomic E-state index is 12.6. The fourth-order valence-corrected chi connectivity index (χ4v) is 3.93. The van der Waals surface area contributed by atoms with Crippen molar-refractivity contribution >= 4 is 21.6 Å². The molecule has 0 atom stereocenters. The minimum absolute atomic E-state index is 0.146. The number of benzene rings is 2. The van der Waals surface area contributed by atoms with Gasteiger partial charge in [0.25, 0.3) is 10.0 Å². The van der Waals surface area contributed by atoms with E-state index in [2.05, 4.69) is 10.0 Å². The van der Waals surface area contributed by atoms with E-state index in [1.165, 1.54) is 0 Å². The first-order valence-corrected chi connectivity index (χ1v) is 10.1. The van der Waals surface area contributed by atoms with Crippen molar-refractivity contribution in [1.82, 2.24) is 5.32 Å². The number of hydrogen-bond acceptors (Lipinski definition) is 4. The average Bonchev–Trinajstić information content (AvgIpc) is 2.55. The summed E-state index contributed by atoms with van der Waals surface area (Å²) in [7, 11) is -3.68. The number of carbonyl (C=O) groups excluding carboxylic acids is 1. The van der Waals surface area contributed by atoms with Crippen LogP contribution in [-0.2, 0) is 21.2 Å². The van der Waals surface area contributed by atoms with Crippen molar-refractivity contribution in [2.45, 2.75) is 44.6 Å². The predicted molar refractivity (Wildman–Crippen MR) is 106 cm³/mol. The summed E-state index contributed by atoms with van der Waals surface area (Å²) < 4.78 is 27.7. The SMILES string of the molecule is Cc1ccc(S(=O)(=O)Nc2ccc(CC(=O)NC(C)(C)CO)cc2)c(C)c1. The molecular formula is C20H26N2O4S. The molecule has 0 unspecified atom stereocenters. The van der Waals surface area contributed by atoms with Gasteiger partial charge in [-0.25, -0.2) is 8.42 Å². The molecule has 27 heavy (non-hydrogen) atoms. The summed E-state index contributed by atoms with van der Waals surface area (Å²) in [4.78, 5) is 12.3. The van der Waals surface area contributed by atoms with Gasteiger partial charge >= 0.3 is 0 Å². The molecule has 0 aliphatic rings. The van der Waals surface area contributed by atoms with Crippen molar-refractivity contribution < 1.29 is 18.3 Å². The van der Waals surface area contributed by atoms with Crippen LogP contribution in [0.4, 0.5) is 5.69 Å². The van der Waals surface area contributed by atoms with Gasteiger partial charge in [0.1, 0.15) is 0 Å². The molecular weight excluding hydrogens is 364 g/mol. The van der Waals surface area contributed by atoms with Gasteiger partial charge in [0.05, 0.1) is 23.5 Å². The van der Waals surface area contributed by atoms with E-state index in [4.69, 9.17) is 0 Å². The molecule has 2 aromatic rings. The lowest BCUT2D eigenvalue weighted by atomic mass is 10.1. The van der Waals surface area contributed by atoms with E-state index >= 15 is 0 Å². The van der Waals surface area contributed by atoms with E-state index in [0.717, 1.165) is 11.1 Å². The number of amides is 1. The second-order valence-corrected chi connectivity index (χ2v) is 8.99. The van der Waals surface area contributed by atoms with Crippen LogP contribution in [0.25, 0.3) is 0 Å². The normalized spacial score (nSPS) is 11.9. The van der Waals surface area contributed by atoms with E-state index in [0.29, 0.717) is 11.3 Å². The lowest BCUT2D eigenvalue weighted by Crippen LogP contribution is -2.46. The summed E-state index contributed by atoms with van der Waals surface area (Å²) in [6, 6.07) is 11.8. The van der Waals surface area contributed by atoms with Crippen molar-refractivity contribution in [2.75, 3.05) is 11.3 Å². The Labute approximate surface area is 160 Å². The van der Waals surface area contributed by atoms with Crippen LogP contribution in [0, 0.1) is 13.8 Å². The zero-order valence-corrected chi connectivity index (χ0v) is 16.9. The molecule has 1 amide bonds. The molecule has 0 aromatic heterocycles. The van der Waals surface area contributed by atoms with Gasteiger partial charge in [0.2, 0.25) is 5.91 Å². The molecule has 0 aliphatic heterocycles. The number of carbonyl (C=O) groups is 1. The molecule has 0 radical (unpaired) electrons. The van der Waals surface area contributed by atoms with E-state index in [1.54, 1.807) is 57.2 Å². The Morgan fingerprint density at radius 1 is 1.07 bits per heavy atom. The first kappa shape index (κ1) is 20.9. The molecule has 0 aliphatic carbocycles. The fraction of sp³-hybridized carbons (Fsp3) is 0.350. The predicted octanol–water partition coefficient (Wildman–Crippen LogP) is 2.53. The monoisotopic (exact) mass is 390 g/mol. The van der Waals surface area contributed by atoms with Crippen LogP contribution in [0.5, 0.6) is 0 Å². The number of hydrogen-bond donors (Lipinski definition) is 3. The van der Waals surface area contributed by atoms with Gasteiger partial charge in [-0.05, 0) is 57.0 Å². The molecule has 2 aromatic carbocycles. The maximum Gasteiger partial charge on any atom is 0.262 e. The topological polar surface area (TPSA) is 95.5 Å². The van der Waals surface area contributed by atoms with Crippen LogP contribution in [0.2, 0.25) is 0 Å². The van der Waals surface area contributed by atoms with Crippen molar-refractivity contribution in [3.63, 3.8) is 0 Å². The first-order valence-electron chi connectivity index (χ1n) is 8.63. The highest BCUT2D eigenvalue weighted by atomic mass is 32.2. The average molecular weight is 391 g/mol. The van der Waals surface area contributed by atoms with E-state index < -0.39 is 15.6 Å².